The number of carbonyl (C=O) groups is 3. The van der Waals surface area contributed by atoms with Gasteiger partial charge in [0.05, 0.1) is 7.11 Å². The molecule has 0 saturated carbocycles. The van der Waals surface area contributed by atoms with E-state index in [-0.39, 0.29) is 16.9 Å². The Morgan fingerprint density at radius 1 is 1.38 bits per heavy atom. The smallest absolute Gasteiger partial charge is 0.328 e. The Morgan fingerprint density at radius 3 is 2.65 bits per heavy atom. The molecule has 0 radical (unpaired) electrons. The van der Waals surface area contributed by atoms with Crippen LogP contribution in [-0.4, -0.2) is 52.5 Å². The third kappa shape index (κ3) is 5.09. The van der Waals surface area contributed by atoms with E-state index in [1.807, 2.05) is 4.90 Å². The standard InChI is InChI=1S/C18H20ClNO5S/c1-11(21)26-15-7-8-20(10-12(15)9-16(22)23)17(18(24)25-2)13-5-3-4-6-14(13)19/h3-6,9,15,17H,7-8,10H2,1-2H3,(H,22,23)/b12-9-/t15-,17-/m0/s1. The third-order valence-electron chi connectivity index (χ3n) is 4.08. The first-order valence-electron chi connectivity index (χ1n) is 8.00. The zero-order valence-electron chi connectivity index (χ0n) is 14.5. The maximum atomic E-state index is 12.4. The molecule has 0 aliphatic carbocycles. The van der Waals surface area contributed by atoms with Crippen LogP contribution in [0.5, 0.6) is 0 Å². The van der Waals surface area contributed by atoms with Gasteiger partial charge in [-0.3, -0.25) is 9.69 Å². The Morgan fingerprint density at radius 2 is 2.08 bits per heavy atom. The molecule has 1 N–H and O–H groups in total. The van der Waals surface area contributed by atoms with Gasteiger partial charge in [0, 0.05) is 36.4 Å². The van der Waals surface area contributed by atoms with Crippen molar-refractivity contribution >= 4 is 40.4 Å². The third-order valence-corrected chi connectivity index (χ3v) is 5.58. The van der Waals surface area contributed by atoms with E-state index >= 15 is 0 Å². The zero-order valence-corrected chi connectivity index (χ0v) is 16.0. The van der Waals surface area contributed by atoms with Gasteiger partial charge in [-0.2, -0.15) is 0 Å². The summed E-state index contributed by atoms with van der Waals surface area (Å²) in [5, 5.41) is 9.30. The molecule has 1 aromatic rings. The van der Waals surface area contributed by atoms with Crippen molar-refractivity contribution in [1.29, 1.82) is 0 Å². The predicted molar refractivity (Wildman–Crippen MR) is 100 cm³/mol. The first kappa shape index (κ1) is 20.5. The fraction of sp³-hybridized carbons (Fsp3) is 0.389. The van der Waals surface area contributed by atoms with Gasteiger partial charge >= 0.3 is 11.9 Å². The predicted octanol–water partition coefficient (Wildman–Crippen LogP) is 2.92. The molecular weight excluding hydrogens is 378 g/mol. The van der Waals surface area contributed by atoms with Gasteiger partial charge in [0.2, 0.25) is 0 Å². The highest BCUT2D eigenvalue weighted by molar-refractivity contribution is 8.14. The molecular formula is C18H20ClNO5S. The minimum atomic E-state index is -1.08. The van der Waals surface area contributed by atoms with Crippen molar-refractivity contribution in [3.8, 4) is 0 Å². The second-order valence-corrected chi connectivity index (χ2v) is 7.65. The van der Waals surface area contributed by atoms with Crippen LogP contribution < -0.4 is 0 Å². The van der Waals surface area contributed by atoms with Crippen molar-refractivity contribution in [3.63, 3.8) is 0 Å². The summed E-state index contributed by atoms with van der Waals surface area (Å²) in [5.74, 6) is -1.55. The van der Waals surface area contributed by atoms with Crippen molar-refractivity contribution in [2.75, 3.05) is 20.2 Å². The number of hydrogen-bond donors (Lipinski definition) is 1. The Labute approximate surface area is 161 Å². The van der Waals surface area contributed by atoms with Gasteiger partial charge in [-0.05, 0) is 23.6 Å². The molecule has 1 aliphatic heterocycles. The number of likely N-dealkylation sites (tertiary alicyclic amines) is 1. The van der Waals surface area contributed by atoms with Crippen LogP contribution in [0.2, 0.25) is 5.02 Å². The summed E-state index contributed by atoms with van der Waals surface area (Å²) in [5.41, 5.74) is 1.19. The number of piperidine rings is 1. The number of carboxylic acids is 1. The van der Waals surface area contributed by atoms with Gasteiger partial charge in [-0.15, -0.1) is 0 Å². The van der Waals surface area contributed by atoms with Crippen LogP contribution in [0, 0.1) is 0 Å². The number of benzene rings is 1. The van der Waals surface area contributed by atoms with Gasteiger partial charge in [-0.25, -0.2) is 9.59 Å². The summed E-state index contributed by atoms with van der Waals surface area (Å²) in [6.45, 7) is 2.20. The maximum absolute atomic E-state index is 12.4. The highest BCUT2D eigenvalue weighted by Crippen LogP contribution is 2.35. The number of aliphatic carboxylic acids is 1. The van der Waals surface area contributed by atoms with Crippen LogP contribution >= 0.6 is 23.4 Å². The fourth-order valence-corrected chi connectivity index (χ4v) is 4.17. The van der Waals surface area contributed by atoms with E-state index in [0.29, 0.717) is 29.1 Å². The Bertz CT molecular complexity index is 736. The summed E-state index contributed by atoms with van der Waals surface area (Å²) >= 11 is 7.38. The van der Waals surface area contributed by atoms with Gasteiger partial charge in [0.25, 0.3) is 0 Å². The molecule has 8 heteroatoms. The van der Waals surface area contributed by atoms with E-state index in [1.54, 1.807) is 24.3 Å². The molecule has 0 spiro atoms. The largest absolute Gasteiger partial charge is 0.478 e. The quantitative estimate of drug-likeness (QED) is 0.604. The van der Waals surface area contributed by atoms with Crippen molar-refractivity contribution in [2.24, 2.45) is 0 Å². The topological polar surface area (TPSA) is 83.9 Å². The van der Waals surface area contributed by atoms with Crippen LogP contribution in [-0.2, 0) is 19.1 Å². The lowest BCUT2D eigenvalue weighted by Gasteiger charge is -2.37. The molecule has 0 bridgehead atoms. The minimum absolute atomic E-state index is 0.0737. The average Bonchev–Trinajstić information content (AvgIpc) is 2.58. The van der Waals surface area contributed by atoms with Crippen molar-refractivity contribution in [2.45, 2.75) is 24.6 Å². The van der Waals surface area contributed by atoms with Gasteiger partial charge in [-0.1, -0.05) is 41.6 Å². The molecule has 2 atom stereocenters. The van der Waals surface area contributed by atoms with E-state index in [4.69, 9.17) is 21.4 Å². The van der Waals surface area contributed by atoms with E-state index in [0.717, 1.165) is 17.8 Å². The fourth-order valence-electron chi connectivity index (χ4n) is 3.02. The first-order chi connectivity index (χ1) is 12.3. The second-order valence-electron chi connectivity index (χ2n) is 5.86. The van der Waals surface area contributed by atoms with Crippen LogP contribution in [0.1, 0.15) is 24.9 Å². The Hall–Kier alpha value is -1.83. The number of nitrogens with zero attached hydrogens (tertiary/aromatic N) is 1. The molecule has 0 unspecified atom stereocenters. The lowest BCUT2D eigenvalue weighted by atomic mass is 9.98. The molecule has 1 aromatic carbocycles. The SMILES string of the molecule is COC(=O)[C@H](c1ccccc1Cl)N1CC[C@H](SC(C)=O)/C(=C\C(=O)O)C1. The highest BCUT2D eigenvalue weighted by atomic mass is 35.5. The van der Waals surface area contributed by atoms with E-state index in [2.05, 4.69) is 0 Å². The van der Waals surface area contributed by atoms with Gasteiger partial charge < -0.3 is 9.84 Å². The number of hydrogen-bond acceptors (Lipinski definition) is 6. The van der Waals surface area contributed by atoms with E-state index in [1.165, 1.54) is 14.0 Å². The number of carboxylic acid groups (broad SMARTS) is 1. The molecule has 6 nitrogen and oxygen atoms in total. The molecule has 0 aromatic heterocycles. The molecule has 26 heavy (non-hydrogen) atoms. The van der Waals surface area contributed by atoms with Crippen LogP contribution in [0.4, 0.5) is 0 Å². The maximum Gasteiger partial charge on any atom is 0.328 e. The second kappa shape index (κ2) is 9.21. The summed E-state index contributed by atoms with van der Waals surface area (Å²) in [6.07, 6.45) is 1.66. The summed E-state index contributed by atoms with van der Waals surface area (Å²) in [6, 6.07) is 6.25. The number of rotatable bonds is 5. The molecule has 1 fully saturated rings. The first-order valence-corrected chi connectivity index (χ1v) is 9.26. The van der Waals surface area contributed by atoms with E-state index in [9.17, 15) is 14.4 Å². The van der Waals surface area contributed by atoms with Crippen LogP contribution in [0.15, 0.2) is 35.9 Å². The monoisotopic (exact) mass is 397 g/mol. The van der Waals surface area contributed by atoms with Gasteiger partial charge in [0.1, 0.15) is 6.04 Å². The normalized spacial score (nSPS) is 20.6. The Balaban J connectivity index is 2.35. The number of methoxy groups -OCH3 is 1. The van der Waals surface area contributed by atoms with Crippen molar-refractivity contribution in [3.05, 3.63) is 46.5 Å². The number of halogens is 1. The zero-order chi connectivity index (χ0) is 19.3. The van der Waals surface area contributed by atoms with Crippen molar-refractivity contribution < 1.29 is 24.2 Å². The summed E-state index contributed by atoms with van der Waals surface area (Å²) in [4.78, 5) is 36.9. The van der Waals surface area contributed by atoms with Crippen LogP contribution in [0.3, 0.4) is 0 Å². The summed E-state index contributed by atoms with van der Waals surface area (Å²) in [7, 11) is 1.30. The number of thioether (sulfide) groups is 1. The Kier molecular flexibility index (Phi) is 7.25. The molecule has 1 saturated heterocycles. The number of ether oxygens (including phenoxy) is 1. The van der Waals surface area contributed by atoms with Crippen LogP contribution in [0.25, 0.3) is 0 Å². The van der Waals surface area contributed by atoms with Gasteiger partial charge in [0.15, 0.2) is 5.12 Å². The molecule has 0 amide bonds. The lowest BCUT2D eigenvalue weighted by Crippen LogP contribution is -2.43. The van der Waals surface area contributed by atoms with E-state index < -0.39 is 18.0 Å². The van der Waals surface area contributed by atoms with Crippen molar-refractivity contribution in [1.82, 2.24) is 4.90 Å². The number of esters is 1. The highest BCUT2D eigenvalue weighted by Gasteiger charge is 2.35. The molecule has 1 heterocycles. The molecule has 2 rings (SSSR count). The average molecular weight is 398 g/mol. The summed E-state index contributed by atoms with van der Waals surface area (Å²) < 4.78 is 4.95. The molecule has 140 valence electrons. The molecule has 1 aliphatic rings. The lowest BCUT2D eigenvalue weighted by molar-refractivity contribution is -0.147. The minimum Gasteiger partial charge on any atom is -0.478 e. The number of carbonyl (C=O) groups excluding carboxylic acids is 2.